The molecule has 0 aliphatic rings. The minimum absolute atomic E-state index is 0.333. The number of benzene rings is 2. The Balaban J connectivity index is 1.40. The lowest BCUT2D eigenvalue weighted by atomic mass is 10.1. The van der Waals surface area contributed by atoms with Crippen molar-refractivity contribution in [3.63, 3.8) is 0 Å². The molecule has 2 aromatic carbocycles. The average molecular weight is 412 g/mol. The summed E-state index contributed by atoms with van der Waals surface area (Å²) in [5.74, 6) is 2.19. The molecule has 3 aromatic heterocycles. The molecule has 0 bridgehead atoms. The zero-order chi connectivity index (χ0) is 21.4. The van der Waals surface area contributed by atoms with Gasteiger partial charge < -0.3 is 8.94 Å². The maximum absolute atomic E-state index is 5.88. The summed E-state index contributed by atoms with van der Waals surface area (Å²) in [6.07, 6.45) is 0. The first-order chi connectivity index (χ1) is 15.1. The first-order valence-electron chi connectivity index (χ1n) is 9.91. The lowest BCUT2D eigenvalue weighted by Crippen LogP contribution is -2.05. The molecule has 0 fully saturated rings. The molecule has 8 nitrogen and oxygen atoms in total. The van der Waals surface area contributed by atoms with Crippen molar-refractivity contribution in [1.29, 1.82) is 0 Å². The predicted molar refractivity (Wildman–Crippen MR) is 114 cm³/mol. The Labute approximate surface area is 178 Å². The molecular weight excluding hydrogens is 392 g/mol. The van der Waals surface area contributed by atoms with E-state index in [1.54, 1.807) is 4.68 Å². The number of hydrogen-bond donors (Lipinski definition) is 0. The molecule has 31 heavy (non-hydrogen) atoms. The molecule has 5 aromatic rings. The highest BCUT2D eigenvalue weighted by atomic mass is 16.5. The van der Waals surface area contributed by atoms with Crippen LogP contribution in [0.15, 0.2) is 63.5 Å². The minimum atomic E-state index is 0.333. The number of aromatic nitrogens is 6. The topological polar surface area (TPSA) is 95.7 Å². The summed E-state index contributed by atoms with van der Waals surface area (Å²) in [5.41, 5.74) is 5.16. The van der Waals surface area contributed by atoms with Gasteiger partial charge in [0.05, 0.1) is 12.2 Å². The van der Waals surface area contributed by atoms with Gasteiger partial charge in [-0.1, -0.05) is 58.4 Å². The second-order valence-electron chi connectivity index (χ2n) is 7.36. The molecule has 0 spiro atoms. The van der Waals surface area contributed by atoms with Gasteiger partial charge in [-0.15, -0.1) is 5.10 Å². The number of nitrogens with zero attached hydrogens (tertiary/aromatic N) is 6. The van der Waals surface area contributed by atoms with Gasteiger partial charge in [0.1, 0.15) is 11.5 Å². The van der Waals surface area contributed by atoms with E-state index in [2.05, 4.69) is 25.4 Å². The molecule has 0 saturated heterocycles. The first-order valence-corrected chi connectivity index (χ1v) is 9.91. The van der Waals surface area contributed by atoms with E-state index in [0.29, 0.717) is 29.8 Å². The van der Waals surface area contributed by atoms with Crippen LogP contribution in [0.25, 0.3) is 34.4 Å². The number of rotatable bonds is 5. The van der Waals surface area contributed by atoms with E-state index in [1.165, 1.54) is 5.56 Å². The molecule has 0 radical (unpaired) electrons. The number of hydrogen-bond acceptors (Lipinski definition) is 7. The molecule has 0 amide bonds. The summed E-state index contributed by atoms with van der Waals surface area (Å²) >= 11 is 0. The van der Waals surface area contributed by atoms with E-state index in [4.69, 9.17) is 8.94 Å². The van der Waals surface area contributed by atoms with Crippen molar-refractivity contribution in [1.82, 2.24) is 30.1 Å². The van der Waals surface area contributed by atoms with Crippen LogP contribution in [0.2, 0.25) is 0 Å². The highest BCUT2D eigenvalue weighted by Crippen LogP contribution is 2.25. The molecule has 3 heterocycles. The van der Waals surface area contributed by atoms with Gasteiger partial charge in [0.25, 0.3) is 5.89 Å². The van der Waals surface area contributed by atoms with Crippen LogP contribution in [0.1, 0.15) is 22.7 Å². The van der Waals surface area contributed by atoms with Crippen LogP contribution in [0.4, 0.5) is 0 Å². The van der Waals surface area contributed by atoms with E-state index >= 15 is 0 Å². The number of oxazole rings is 1. The van der Waals surface area contributed by atoms with Gasteiger partial charge in [0.2, 0.25) is 11.7 Å². The van der Waals surface area contributed by atoms with Crippen LogP contribution in [0.3, 0.4) is 0 Å². The van der Waals surface area contributed by atoms with Crippen molar-refractivity contribution in [2.75, 3.05) is 0 Å². The largest absolute Gasteiger partial charge is 0.441 e. The Bertz CT molecular complexity index is 1330. The molecule has 0 N–H and O–H groups in total. The summed E-state index contributed by atoms with van der Waals surface area (Å²) in [4.78, 5) is 9.14. The molecular formula is C23H20N6O2. The van der Waals surface area contributed by atoms with E-state index in [0.717, 1.165) is 28.3 Å². The Hall–Kier alpha value is -4.07. The van der Waals surface area contributed by atoms with Gasteiger partial charge in [-0.05, 0) is 32.9 Å². The maximum atomic E-state index is 5.88. The molecule has 0 saturated carbocycles. The van der Waals surface area contributed by atoms with E-state index < -0.39 is 0 Å². The number of aryl methyl sites for hydroxylation is 2. The fourth-order valence-electron chi connectivity index (χ4n) is 3.27. The Kier molecular flexibility index (Phi) is 4.66. The van der Waals surface area contributed by atoms with E-state index in [-0.39, 0.29) is 0 Å². The van der Waals surface area contributed by atoms with Crippen LogP contribution in [0, 0.1) is 20.8 Å². The fourth-order valence-corrected chi connectivity index (χ4v) is 3.27. The average Bonchev–Trinajstić information content (AvgIpc) is 3.50. The van der Waals surface area contributed by atoms with E-state index in [1.807, 2.05) is 75.4 Å². The van der Waals surface area contributed by atoms with Crippen LogP contribution in [0.5, 0.6) is 0 Å². The standard InChI is InChI=1S/C23H20N6O2/c1-14-9-11-18(12-10-14)22-24-19(16(3)30-22)13-29-15(2)20(26-28-29)23-25-21(27-31-23)17-7-5-4-6-8-17/h4-12H,13H2,1-3H3. The highest BCUT2D eigenvalue weighted by Gasteiger charge is 2.20. The molecule has 0 aliphatic carbocycles. The van der Waals surface area contributed by atoms with Crippen molar-refractivity contribution in [3.8, 4) is 34.4 Å². The molecule has 0 unspecified atom stereocenters. The molecule has 8 heteroatoms. The van der Waals surface area contributed by atoms with Crippen LogP contribution < -0.4 is 0 Å². The smallest absolute Gasteiger partial charge is 0.280 e. The molecule has 0 aliphatic heterocycles. The third-order valence-electron chi connectivity index (χ3n) is 5.13. The van der Waals surface area contributed by atoms with Gasteiger partial charge in [0.15, 0.2) is 5.69 Å². The van der Waals surface area contributed by atoms with Crippen LogP contribution in [-0.4, -0.2) is 30.1 Å². The van der Waals surface area contributed by atoms with Gasteiger partial charge in [0, 0.05) is 11.1 Å². The van der Waals surface area contributed by atoms with Crippen molar-refractivity contribution in [3.05, 3.63) is 77.3 Å². The van der Waals surface area contributed by atoms with E-state index in [9.17, 15) is 0 Å². The highest BCUT2D eigenvalue weighted by molar-refractivity contribution is 5.58. The molecule has 0 atom stereocenters. The predicted octanol–water partition coefficient (Wildman–Crippen LogP) is 4.62. The minimum Gasteiger partial charge on any atom is -0.441 e. The summed E-state index contributed by atoms with van der Waals surface area (Å²) in [7, 11) is 0. The molecule has 154 valence electrons. The lowest BCUT2D eigenvalue weighted by molar-refractivity contribution is 0.430. The summed E-state index contributed by atoms with van der Waals surface area (Å²) in [6.45, 7) is 6.29. The monoisotopic (exact) mass is 412 g/mol. The fraction of sp³-hybridized carbons (Fsp3) is 0.174. The SMILES string of the molecule is Cc1ccc(-c2nc(Cn3nnc(-c4nc(-c5ccccc5)no4)c3C)c(C)o2)cc1. The Morgan fingerprint density at radius 3 is 2.39 bits per heavy atom. The summed E-state index contributed by atoms with van der Waals surface area (Å²) < 4.78 is 13.1. The quantitative estimate of drug-likeness (QED) is 0.415. The summed E-state index contributed by atoms with van der Waals surface area (Å²) in [6, 6.07) is 17.7. The second-order valence-corrected chi connectivity index (χ2v) is 7.36. The van der Waals surface area contributed by atoms with Crippen LogP contribution in [-0.2, 0) is 6.54 Å². The van der Waals surface area contributed by atoms with Gasteiger partial charge >= 0.3 is 0 Å². The molecule has 5 rings (SSSR count). The Morgan fingerprint density at radius 2 is 1.61 bits per heavy atom. The third-order valence-corrected chi connectivity index (χ3v) is 5.13. The maximum Gasteiger partial charge on any atom is 0.280 e. The van der Waals surface area contributed by atoms with Crippen LogP contribution >= 0.6 is 0 Å². The second kappa shape index (κ2) is 7.64. The van der Waals surface area contributed by atoms with Gasteiger partial charge in [-0.3, -0.25) is 0 Å². The zero-order valence-electron chi connectivity index (χ0n) is 17.4. The summed E-state index contributed by atoms with van der Waals surface area (Å²) in [5, 5.41) is 12.6. The Morgan fingerprint density at radius 1 is 0.839 bits per heavy atom. The van der Waals surface area contributed by atoms with Gasteiger partial charge in [-0.2, -0.15) is 4.98 Å². The zero-order valence-corrected chi connectivity index (χ0v) is 17.4. The van der Waals surface area contributed by atoms with Gasteiger partial charge in [-0.25, -0.2) is 9.67 Å². The third kappa shape index (κ3) is 3.63. The van der Waals surface area contributed by atoms with Crippen molar-refractivity contribution in [2.24, 2.45) is 0 Å². The van der Waals surface area contributed by atoms with Crippen molar-refractivity contribution >= 4 is 0 Å². The van der Waals surface area contributed by atoms with Crippen molar-refractivity contribution in [2.45, 2.75) is 27.3 Å². The lowest BCUT2D eigenvalue weighted by Gasteiger charge is -2.00. The van der Waals surface area contributed by atoms with Crippen molar-refractivity contribution < 1.29 is 8.94 Å². The first kappa shape index (κ1) is 18.9. The normalized spacial score (nSPS) is 11.2.